The minimum Gasteiger partial charge on any atom is -1.00 e. The molecule has 0 aromatic heterocycles. The second-order valence-electron chi connectivity index (χ2n) is 2.17. The van der Waals surface area contributed by atoms with Crippen LogP contribution in [0.15, 0.2) is 24.3 Å². The second kappa shape index (κ2) is 4.54. The van der Waals surface area contributed by atoms with Crippen molar-refractivity contribution >= 4 is 5.97 Å². The van der Waals surface area contributed by atoms with Crippen LogP contribution in [0.1, 0.15) is 17.3 Å². The van der Waals surface area contributed by atoms with Gasteiger partial charge in [0.2, 0.25) is 0 Å². The molecule has 0 radical (unpaired) electrons. The Balaban J connectivity index is 0. The normalized spacial score (nSPS) is 8.45. The van der Waals surface area contributed by atoms with Crippen LogP contribution in [-0.2, 0) is 0 Å². The minimum atomic E-state index is -0.875. The summed E-state index contributed by atoms with van der Waals surface area (Å²) < 4.78 is 0. The standard InChI is InChI=1S/C8H8O2.Na.H/c1-6-2-4-7(5-3-6)8(9)10;;/h2-5H,1H3,(H,9,10);;/q;+1;-1. The van der Waals surface area contributed by atoms with Crippen molar-refractivity contribution in [2.75, 3.05) is 0 Å². The summed E-state index contributed by atoms with van der Waals surface area (Å²) in [5, 5.41) is 8.48. The maximum atomic E-state index is 10.3. The van der Waals surface area contributed by atoms with E-state index in [-0.39, 0.29) is 31.0 Å². The van der Waals surface area contributed by atoms with Crippen LogP contribution in [-0.4, -0.2) is 11.1 Å². The van der Waals surface area contributed by atoms with Crippen LogP contribution in [0.5, 0.6) is 0 Å². The number of aromatic carboxylic acids is 1. The summed E-state index contributed by atoms with van der Waals surface area (Å²) in [6.07, 6.45) is 0. The Morgan fingerprint density at radius 2 is 1.82 bits per heavy atom. The number of carboxylic acid groups (broad SMARTS) is 1. The molecule has 1 rings (SSSR count). The molecule has 3 heteroatoms. The zero-order valence-electron chi connectivity index (χ0n) is 7.66. The summed E-state index contributed by atoms with van der Waals surface area (Å²) in [6.45, 7) is 1.92. The van der Waals surface area contributed by atoms with Crippen molar-refractivity contribution in [3.8, 4) is 0 Å². The monoisotopic (exact) mass is 160 g/mol. The average molecular weight is 160 g/mol. The van der Waals surface area contributed by atoms with Crippen molar-refractivity contribution in [2.45, 2.75) is 6.92 Å². The first kappa shape index (κ1) is 10.7. The van der Waals surface area contributed by atoms with Gasteiger partial charge >= 0.3 is 35.5 Å². The van der Waals surface area contributed by atoms with E-state index in [4.69, 9.17) is 5.11 Å². The maximum absolute atomic E-state index is 10.3. The Labute approximate surface area is 89.0 Å². The van der Waals surface area contributed by atoms with E-state index in [1.807, 2.05) is 6.92 Å². The fourth-order valence-corrected chi connectivity index (χ4v) is 0.696. The molecule has 0 fully saturated rings. The Kier molecular flexibility index (Phi) is 4.42. The van der Waals surface area contributed by atoms with Crippen LogP contribution in [0, 0.1) is 6.92 Å². The molecule has 0 atom stereocenters. The van der Waals surface area contributed by atoms with Gasteiger partial charge in [-0.15, -0.1) is 0 Å². The molecule has 0 aliphatic rings. The summed E-state index contributed by atoms with van der Waals surface area (Å²) in [4.78, 5) is 10.3. The molecule has 1 aromatic rings. The Bertz CT molecular complexity index is 246. The van der Waals surface area contributed by atoms with Gasteiger partial charge in [-0.25, -0.2) is 4.79 Å². The Morgan fingerprint density at radius 1 is 1.36 bits per heavy atom. The van der Waals surface area contributed by atoms with Gasteiger partial charge in [0.25, 0.3) is 0 Å². The number of carboxylic acids is 1. The van der Waals surface area contributed by atoms with Gasteiger partial charge < -0.3 is 6.53 Å². The van der Waals surface area contributed by atoms with E-state index in [1.54, 1.807) is 24.3 Å². The first-order valence-electron chi connectivity index (χ1n) is 3.00. The second-order valence-corrected chi connectivity index (χ2v) is 2.17. The Hall–Kier alpha value is -0.310. The van der Waals surface area contributed by atoms with Crippen molar-refractivity contribution < 1.29 is 40.9 Å². The third-order valence-corrected chi connectivity index (χ3v) is 1.30. The Morgan fingerprint density at radius 3 is 2.18 bits per heavy atom. The zero-order valence-corrected chi connectivity index (χ0v) is 8.66. The van der Waals surface area contributed by atoms with Crippen molar-refractivity contribution in [1.29, 1.82) is 0 Å². The van der Waals surface area contributed by atoms with Crippen molar-refractivity contribution in [3.05, 3.63) is 35.4 Å². The number of hydrogen-bond donors (Lipinski definition) is 1. The summed E-state index contributed by atoms with van der Waals surface area (Å²) in [5.74, 6) is -0.875. The van der Waals surface area contributed by atoms with Crippen LogP contribution in [0.3, 0.4) is 0 Å². The van der Waals surface area contributed by atoms with E-state index in [9.17, 15) is 4.79 Å². The molecule has 1 aromatic carbocycles. The van der Waals surface area contributed by atoms with E-state index in [2.05, 4.69) is 0 Å². The van der Waals surface area contributed by atoms with E-state index >= 15 is 0 Å². The quantitative estimate of drug-likeness (QED) is 0.524. The minimum absolute atomic E-state index is 0. The molecule has 1 N–H and O–H groups in total. The van der Waals surface area contributed by atoms with Gasteiger partial charge in [0, 0.05) is 0 Å². The van der Waals surface area contributed by atoms with E-state index in [0.29, 0.717) is 5.56 Å². The van der Waals surface area contributed by atoms with Crippen molar-refractivity contribution in [1.82, 2.24) is 0 Å². The molecule has 0 aliphatic carbocycles. The van der Waals surface area contributed by atoms with Crippen LogP contribution in [0.4, 0.5) is 0 Å². The predicted molar refractivity (Wildman–Crippen MR) is 39.3 cm³/mol. The number of hydrogen-bond acceptors (Lipinski definition) is 1. The van der Waals surface area contributed by atoms with Gasteiger partial charge in [-0.2, -0.15) is 0 Å². The molecule has 0 amide bonds. The molecule has 0 spiro atoms. The SMILES string of the molecule is Cc1ccc(C(=O)O)cc1.[H-].[Na+]. The van der Waals surface area contributed by atoms with Crippen LogP contribution < -0.4 is 29.6 Å². The molecular formula is C8H9NaO2. The van der Waals surface area contributed by atoms with Gasteiger partial charge in [-0.05, 0) is 19.1 Å². The molecule has 0 bridgehead atoms. The third kappa shape index (κ3) is 3.06. The van der Waals surface area contributed by atoms with E-state index < -0.39 is 5.97 Å². The average Bonchev–Trinajstić information content (AvgIpc) is 1.88. The molecular weight excluding hydrogens is 151 g/mol. The van der Waals surface area contributed by atoms with Gasteiger partial charge in [0.1, 0.15) is 0 Å². The van der Waals surface area contributed by atoms with Gasteiger partial charge in [0.15, 0.2) is 0 Å². The molecule has 0 saturated heterocycles. The number of aryl methyl sites for hydroxylation is 1. The smallest absolute Gasteiger partial charge is 1.00 e. The topological polar surface area (TPSA) is 37.3 Å². The van der Waals surface area contributed by atoms with Crippen LogP contribution >= 0.6 is 0 Å². The summed E-state index contributed by atoms with van der Waals surface area (Å²) in [5.41, 5.74) is 1.41. The van der Waals surface area contributed by atoms with Crippen molar-refractivity contribution in [3.63, 3.8) is 0 Å². The molecule has 0 heterocycles. The molecule has 2 nitrogen and oxygen atoms in total. The largest absolute Gasteiger partial charge is 1.00 e. The van der Waals surface area contributed by atoms with Gasteiger partial charge in [-0.1, -0.05) is 17.7 Å². The van der Waals surface area contributed by atoms with Crippen LogP contribution in [0.2, 0.25) is 0 Å². The summed E-state index contributed by atoms with van der Waals surface area (Å²) >= 11 is 0. The zero-order chi connectivity index (χ0) is 7.56. The van der Waals surface area contributed by atoms with E-state index in [0.717, 1.165) is 5.56 Å². The first-order chi connectivity index (χ1) is 4.70. The first-order valence-corrected chi connectivity index (χ1v) is 3.00. The summed E-state index contributed by atoms with van der Waals surface area (Å²) in [6, 6.07) is 6.75. The molecule has 54 valence electrons. The molecule has 11 heavy (non-hydrogen) atoms. The third-order valence-electron chi connectivity index (χ3n) is 1.30. The fourth-order valence-electron chi connectivity index (χ4n) is 0.696. The van der Waals surface area contributed by atoms with Crippen molar-refractivity contribution in [2.24, 2.45) is 0 Å². The summed E-state index contributed by atoms with van der Waals surface area (Å²) in [7, 11) is 0. The molecule has 0 aliphatic heterocycles. The number of benzene rings is 1. The number of rotatable bonds is 1. The predicted octanol–water partition coefficient (Wildman–Crippen LogP) is -1.19. The molecule has 0 saturated carbocycles. The number of carbonyl (C=O) groups is 1. The van der Waals surface area contributed by atoms with Gasteiger partial charge in [-0.3, -0.25) is 0 Å². The van der Waals surface area contributed by atoms with E-state index in [1.165, 1.54) is 0 Å². The fraction of sp³-hybridized carbons (Fsp3) is 0.125. The van der Waals surface area contributed by atoms with Gasteiger partial charge in [0.05, 0.1) is 5.56 Å². The van der Waals surface area contributed by atoms with Crippen LogP contribution in [0.25, 0.3) is 0 Å². The molecule has 0 unspecified atom stereocenters. The maximum Gasteiger partial charge on any atom is 1.00 e.